The Balaban J connectivity index is 0. The number of rotatable bonds is 5. The molecular formula is C8H20ClNO. The van der Waals surface area contributed by atoms with Crippen LogP contribution in [0.5, 0.6) is 0 Å². The fourth-order valence-corrected chi connectivity index (χ4v) is 1.37. The largest absolute Gasteiger partial charge is 0.396 e. The van der Waals surface area contributed by atoms with Crippen LogP contribution in [0.1, 0.15) is 26.7 Å². The first-order valence-electron chi connectivity index (χ1n) is 4.11. The number of aliphatic hydroxyl groups excluding tert-OH is 1. The third-order valence-electron chi connectivity index (χ3n) is 2.25. The van der Waals surface area contributed by atoms with E-state index < -0.39 is 0 Å². The van der Waals surface area contributed by atoms with Gasteiger partial charge in [0.25, 0.3) is 0 Å². The molecule has 0 bridgehead atoms. The van der Waals surface area contributed by atoms with Crippen molar-refractivity contribution < 1.29 is 5.11 Å². The molecule has 0 aliphatic rings. The van der Waals surface area contributed by atoms with Gasteiger partial charge in [0.05, 0.1) is 0 Å². The molecule has 3 N–H and O–H groups in total. The van der Waals surface area contributed by atoms with Gasteiger partial charge in [0.2, 0.25) is 0 Å². The van der Waals surface area contributed by atoms with E-state index in [9.17, 15) is 0 Å². The highest BCUT2D eigenvalue weighted by atomic mass is 35.5. The first-order valence-corrected chi connectivity index (χ1v) is 4.11. The van der Waals surface area contributed by atoms with Crippen molar-refractivity contribution in [2.24, 2.45) is 17.6 Å². The van der Waals surface area contributed by atoms with Crippen LogP contribution in [0.15, 0.2) is 0 Å². The lowest BCUT2D eigenvalue weighted by molar-refractivity contribution is 0.173. The zero-order valence-electron chi connectivity index (χ0n) is 7.42. The summed E-state index contributed by atoms with van der Waals surface area (Å²) < 4.78 is 0. The van der Waals surface area contributed by atoms with E-state index in [0.717, 1.165) is 12.8 Å². The number of nitrogens with two attached hydrogens (primary N) is 1. The quantitative estimate of drug-likeness (QED) is 0.674. The molecule has 0 saturated carbocycles. The molecule has 0 heterocycles. The van der Waals surface area contributed by atoms with E-state index in [1.807, 2.05) is 0 Å². The third kappa shape index (κ3) is 4.62. The van der Waals surface area contributed by atoms with Crippen LogP contribution in [-0.2, 0) is 0 Å². The molecule has 70 valence electrons. The van der Waals surface area contributed by atoms with E-state index in [1.54, 1.807) is 0 Å². The predicted molar refractivity (Wildman–Crippen MR) is 51.0 cm³/mol. The van der Waals surface area contributed by atoms with Gasteiger partial charge >= 0.3 is 0 Å². The molecule has 1 unspecified atom stereocenters. The van der Waals surface area contributed by atoms with E-state index in [0.29, 0.717) is 18.4 Å². The van der Waals surface area contributed by atoms with Crippen molar-refractivity contribution >= 4 is 12.4 Å². The van der Waals surface area contributed by atoms with Gasteiger partial charge in [0, 0.05) is 6.61 Å². The first-order chi connectivity index (χ1) is 4.79. The molecule has 0 saturated heterocycles. The maximum Gasteiger partial charge on any atom is 0.0473 e. The van der Waals surface area contributed by atoms with Crippen LogP contribution >= 0.6 is 12.4 Å². The Labute approximate surface area is 75.6 Å². The molecule has 0 aliphatic heterocycles. The number of hydrogen-bond acceptors (Lipinski definition) is 2. The normalized spacial score (nSPS) is 12.8. The summed E-state index contributed by atoms with van der Waals surface area (Å²) in [6.45, 7) is 5.14. The van der Waals surface area contributed by atoms with Gasteiger partial charge in [-0.15, -0.1) is 12.4 Å². The minimum atomic E-state index is 0. The van der Waals surface area contributed by atoms with Gasteiger partial charge in [-0.3, -0.25) is 0 Å². The summed E-state index contributed by atoms with van der Waals surface area (Å²) in [6.07, 6.45) is 2.25. The summed E-state index contributed by atoms with van der Waals surface area (Å²) in [6, 6.07) is 0. The Morgan fingerprint density at radius 1 is 1.18 bits per heavy atom. The van der Waals surface area contributed by atoms with Crippen molar-refractivity contribution in [3.05, 3.63) is 0 Å². The van der Waals surface area contributed by atoms with Crippen molar-refractivity contribution in [1.29, 1.82) is 0 Å². The molecule has 0 spiro atoms. The minimum Gasteiger partial charge on any atom is -0.396 e. The SMILES string of the molecule is CCC(CC)C(CN)CO.Cl. The molecule has 0 aromatic heterocycles. The maximum atomic E-state index is 8.88. The Morgan fingerprint density at radius 2 is 1.64 bits per heavy atom. The number of hydrogen-bond donors (Lipinski definition) is 2. The van der Waals surface area contributed by atoms with Gasteiger partial charge in [0.15, 0.2) is 0 Å². The van der Waals surface area contributed by atoms with Crippen LogP contribution in [0.2, 0.25) is 0 Å². The summed E-state index contributed by atoms with van der Waals surface area (Å²) >= 11 is 0. The highest BCUT2D eigenvalue weighted by Gasteiger charge is 2.14. The molecule has 11 heavy (non-hydrogen) atoms. The van der Waals surface area contributed by atoms with Crippen molar-refractivity contribution in [3.63, 3.8) is 0 Å². The van der Waals surface area contributed by atoms with E-state index in [1.165, 1.54) is 0 Å². The molecule has 0 fully saturated rings. The lowest BCUT2D eigenvalue weighted by Crippen LogP contribution is -2.25. The summed E-state index contributed by atoms with van der Waals surface area (Å²) in [5.74, 6) is 0.921. The van der Waals surface area contributed by atoms with Crippen molar-refractivity contribution in [3.8, 4) is 0 Å². The second-order valence-electron chi connectivity index (χ2n) is 2.75. The topological polar surface area (TPSA) is 46.2 Å². The molecule has 0 radical (unpaired) electrons. The average molecular weight is 182 g/mol. The van der Waals surface area contributed by atoms with Crippen LogP contribution < -0.4 is 5.73 Å². The van der Waals surface area contributed by atoms with Gasteiger partial charge in [-0.2, -0.15) is 0 Å². The lowest BCUT2D eigenvalue weighted by atomic mass is 9.89. The van der Waals surface area contributed by atoms with E-state index >= 15 is 0 Å². The Kier molecular flexibility index (Phi) is 10.4. The van der Waals surface area contributed by atoms with Crippen LogP contribution in [0.25, 0.3) is 0 Å². The maximum absolute atomic E-state index is 8.88. The second kappa shape index (κ2) is 8.31. The molecule has 0 aromatic carbocycles. The summed E-state index contributed by atoms with van der Waals surface area (Å²) in [7, 11) is 0. The Morgan fingerprint density at radius 3 is 1.73 bits per heavy atom. The molecule has 0 rings (SSSR count). The van der Waals surface area contributed by atoms with Crippen LogP contribution in [0, 0.1) is 11.8 Å². The zero-order chi connectivity index (χ0) is 7.98. The van der Waals surface area contributed by atoms with Gasteiger partial charge in [-0.05, 0) is 18.4 Å². The predicted octanol–water partition coefficient (Wildman–Crippen LogP) is 1.41. The molecular weight excluding hydrogens is 162 g/mol. The van der Waals surface area contributed by atoms with E-state index in [4.69, 9.17) is 10.8 Å². The second-order valence-corrected chi connectivity index (χ2v) is 2.75. The van der Waals surface area contributed by atoms with Gasteiger partial charge < -0.3 is 10.8 Å². The molecule has 1 atom stereocenters. The van der Waals surface area contributed by atoms with Crippen molar-refractivity contribution in [2.45, 2.75) is 26.7 Å². The Bertz CT molecular complexity index is 62.5. The van der Waals surface area contributed by atoms with Crippen LogP contribution in [-0.4, -0.2) is 18.3 Å². The van der Waals surface area contributed by atoms with E-state index in [-0.39, 0.29) is 19.0 Å². The van der Waals surface area contributed by atoms with Crippen LogP contribution in [0.3, 0.4) is 0 Å². The summed E-state index contributed by atoms with van der Waals surface area (Å²) in [5.41, 5.74) is 5.48. The minimum absolute atomic E-state index is 0. The molecule has 3 heteroatoms. The Hall–Kier alpha value is 0.210. The summed E-state index contributed by atoms with van der Waals surface area (Å²) in [5, 5.41) is 8.88. The zero-order valence-corrected chi connectivity index (χ0v) is 8.23. The van der Waals surface area contributed by atoms with Crippen LogP contribution in [0.4, 0.5) is 0 Å². The van der Waals surface area contributed by atoms with Gasteiger partial charge in [0.1, 0.15) is 0 Å². The highest BCUT2D eigenvalue weighted by Crippen LogP contribution is 2.17. The fraction of sp³-hybridized carbons (Fsp3) is 1.00. The molecule has 0 aliphatic carbocycles. The fourth-order valence-electron chi connectivity index (χ4n) is 1.37. The molecule has 0 amide bonds. The van der Waals surface area contributed by atoms with Gasteiger partial charge in [-0.25, -0.2) is 0 Å². The standard InChI is InChI=1S/C8H19NO.ClH/c1-3-7(4-2)8(5-9)6-10;/h7-8,10H,3-6,9H2,1-2H3;1H. The van der Waals surface area contributed by atoms with Crippen molar-refractivity contribution in [2.75, 3.05) is 13.2 Å². The van der Waals surface area contributed by atoms with Crippen molar-refractivity contribution in [1.82, 2.24) is 0 Å². The number of halogens is 1. The highest BCUT2D eigenvalue weighted by molar-refractivity contribution is 5.85. The monoisotopic (exact) mass is 181 g/mol. The van der Waals surface area contributed by atoms with Gasteiger partial charge in [-0.1, -0.05) is 26.7 Å². The molecule has 2 nitrogen and oxygen atoms in total. The average Bonchev–Trinajstić information content (AvgIpc) is 2.00. The third-order valence-corrected chi connectivity index (χ3v) is 2.25. The smallest absolute Gasteiger partial charge is 0.0473 e. The molecule has 0 aromatic rings. The number of aliphatic hydroxyl groups is 1. The summed E-state index contributed by atoms with van der Waals surface area (Å²) in [4.78, 5) is 0. The lowest BCUT2D eigenvalue weighted by Gasteiger charge is -2.20. The van der Waals surface area contributed by atoms with E-state index in [2.05, 4.69) is 13.8 Å². The first kappa shape index (κ1) is 13.8.